The van der Waals surface area contributed by atoms with Crippen molar-refractivity contribution in [3.8, 4) is 11.8 Å². The Morgan fingerprint density at radius 1 is 1.05 bits per heavy atom. The highest BCUT2D eigenvalue weighted by molar-refractivity contribution is 7.12. The van der Waals surface area contributed by atoms with E-state index in [1.54, 1.807) is 11.3 Å². The van der Waals surface area contributed by atoms with E-state index in [-0.39, 0.29) is 6.42 Å². The number of hydrogen-bond donors (Lipinski definition) is 0. The summed E-state index contributed by atoms with van der Waals surface area (Å²) >= 11 is 1.58. The van der Waals surface area contributed by atoms with Crippen molar-refractivity contribution in [2.24, 2.45) is 0 Å². The Balaban J connectivity index is 2.15. The summed E-state index contributed by atoms with van der Waals surface area (Å²) in [6.07, 6.45) is 0.185. The first-order valence-corrected chi connectivity index (χ1v) is 6.48. The van der Waals surface area contributed by atoms with Crippen LogP contribution in [0, 0.1) is 43.1 Å². The van der Waals surface area contributed by atoms with Crippen molar-refractivity contribution in [1.29, 1.82) is 0 Å². The Kier molecular flexibility index (Phi) is 3.96. The summed E-state index contributed by atoms with van der Waals surface area (Å²) in [5.41, 5.74) is 1.50. The van der Waals surface area contributed by atoms with Gasteiger partial charge in [-0.15, -0.1) is 11.3 Å². The van der Waals surface area contributed by atoms with Gasteiger partial charge < -0.3 is 0 Å². The third kappa shape index (κ3) is 3.18. The maximum absolute atomic E-state index is 13.0. The summed E-state index contributed by atoms with van der Waals surface area (Å²) in [4.78, 5) is 2.11. The normalized spacial score (nSPS) is 10.2. The summed E-state index contributed by atoms with van der Waals surface area (Å²) < 4.78 is 38.7. The van der Waals surface area contributed by atoms with E-state index in [2.05, 4.69) is 11.8 Å². The molecule has 0 aliphatic carbocycles. The van der Waals surface area contributed by atoms with Crippen molar-refractivity contribution in [3.05, 3.63) is 56.5 Å². The van der Waals surface area contributed by atoms with Crippen LogP contribution >= 0.6 is 11.3 Å². The van der Waals surface area contributed by atoms with E-state index < -0.39 is 17.5 Å². The van der Waals surface area contributed by atoms with E-state index in [1.807, 2.05) is 19.9 Å². The van der Waals surface area contributed by atoms with E-state index >= 15 is 0 Å². The third-order valence-electron chi connectivity index (χ3n) is 2.71. The maximum Gasteiger partial charge on any atom is 0.194 e. The minimum atomic E-state index is -1.44. The zero-order chi connectivity index (χ0) is 14.0. The van der Waals surface area contributed by atoms with Gasteiger partial charge in [0.2, 0.25) is 0 Å². The molecule has 2 rings (SSSR count). The number of benzene rings is 1. The van der Waals surface area contributed by atoms with Gasteiger partial charge in [-0.05, 0) is 43.2 Å². The predicted molar refractivity (Wildman–Crippen MR) is 70.7 cm³/mol. The van der Waals surface area contributed by atoms with Crippen LogP contribution in [0.3, 0.4) is 0 Å². The lowest BCUT2D eigenvalue weighted by atomic mass is 10.1. The van der Waals surface area contributed by atoms with Crippen molar-refractivity contribution >= 4 is 11.3 Å². The second-order valence-electron chi connectivity index (χ2n) is 4.20. The summed E-state index contributed by atoms with van der Waals surface area (Å²) in [6.45, 7) is 4.01. The van der Waals surface area contributed by atoms with Gasteiger partial charge in [-0.2, -0.15) is 0 Å². The smallest absolute Gasteiger partial charge is 0.194 e. The molecule has 0 saturated carbocycles. The number of thiophene rings is 1. The van der Waals surface area contributed by atoms with Gasteiger partial charge in [-0.1, -0.05) is 11.8 Å². The van der Waals surface area contributed by atoms with Crippen molar-refractivity contribution in [1.82, 2.24) is 0 Å². The minimum absolute atomic E-state index is 0.185. The molecular weight excluding hydrogens is 269 g/mol. The molecule has 2 aromatic rings. The van der Waals surface area contributed by atoms with Gasteiger partial charge in [0.1, 0.15) is 0 Å². The Hall–Kier alpha value is -1.73. The fourth-order valence-electron chi connectivity index (χ4n) is 1.58. The van der Waals surface area contributed by atoms with Gasteiger partial charge in [0.15, 0.2) is 17.5 Å². The van der Waals surface area contributed by atoms with Crippen LogP contribution in [0.25, 0.3) is 0 Å². The number of halogens is 3. The summed E-state index contributed by atoms with van der Waals surface area (Å²) in [5.74, 6) is 1.97. The molecule has 0 N–H and O–H groups in total. The second kappa shape index (κ2) is 5.50. The van der Waals surface area contributed by atoms with Crippen LogP contribution in [0.5, 0.6) is 0 Å². The number of rotatable bonds is 1. The van der Waals surface area contributed by atoms with Gasteiger partial charge in [0, 0.05) is 11.3 Å². The Labute approximate surface area is 113 Å². The molecule has 0 bridgehead atoms. The lowest BCUT2D eigenvalue weighted by Gasteiger charge is -1.98. The molecule has 1 aromatic heterocycles. The molecular formula is C15H11F3S. The van der Waals surface area contributed by atoms with Crippen molar-refractivity contribution < 1.29 is 13.2 Å². The van der Waals surface area contributed by atoms with Crippen LogP contribution in [-0.2, 0) is 6.42 Å². The van der Waals surface area contributed by atoms with Gasteiger partial charge in [0.05, 0.1) is 4.88 Å². The molecule has 1 heterocycles. The second-order valence-corrected chi connectivity index (χ2v) is 5.46. The molecule has 0 saturated heterocycles. The monoisotopic (exact) mass is 280 g/mol. The molecule has 1 aromatic carbocycles. The van der Waals surface area contributed by atoms with E-state index in [9.17, 15) is 13.2 Å². The topological polar surface area (TPSA) is 0 Å². The predicted octanol–water partition coefficient (Wildman–Crippen LogP) is 4.38. The Morgan fingerprint density at radius 2 is 1.68 bits per heavy atom. The summed E-state index contributed by atoms with van der Waals surface area (Å²) in [5, 5.41) is 0. The van der Waals surface area contributed by atoms with Crippen LogP contribution in [0.4, 0.5) is 13.2 Å². The number of aryl methyl sites for hydroxylation is 2. The van der Waals surface area contributed by atoms with Gasteiger partial charge in [-0.25, -0.2) is 13.2 Å². The SMILES string of the molecule is Cc1cc(C#CCc2cc(F)c(F)c(F)c2)sc1C. The molecule has 0 aliphatic heterocycles. The van der Waals surface area contributed by atoms with E-state index in [1.165, 1.54) is 10.4 Å². The molecule has 98 valence electrons. The van der Waals surface area contributed by atoms with Crippen molar-refractivity contribution in [2.45, 2.75) is 20.3 Å². The fraction of sp³-hybridized carbons (Fsp3) is 0.200. The lowest BCUT2D eigenvalue weighted by molar-refractivity contribution is 0.445. The molecule has 0 amide bonds. The zero-order valence-electron chi connectivity index (χ0n) is 10.5. The first-order valence-electron chi connectivity index (χ1n) is 5.66. The quantitative estimate of drug-likeness (QED) is 0.537. The highest BCUT2D eigenvalue weighted by Gasteiger charge is 2.09. The summed E-state index contributed by atoms with van der Waals surface area (Å²) in [7, 11) is 0. The highest BCUT2D eigenvalue weighted by Crippen LogP contribution is 2.19. The first kappa shape index (κ1) is 13.7. The lowest BCUT2D eigenvalue weighted by Crippen LogP contribution is -1.93. The van der Waals surface area contributed by atoms with Crippen LogP contribution in [0.1, 0.15) is 20.9 Å². The summed E-state index contributed by atoms with van der Waals surface area (Å²) in [6, 6.07) is 3.91. The Morgan fingerprint density at radius 3 is 2.21 bits per heavy atom. The number of hydrogen-bond acceptors (Lipinski definition) is 1. The average molecular weight is 280 g/mol. The largest absolute Gasteiger partial charge is 0.204 e. The van der Waals surface area contributed by atoms with Crippen LogP contribution in [0.2, 0.25) is 0 Å². The fourth-order valence-corrected chi connectivity index (χ4v) is 2.49. The van der Waals surface area contributed by atoms with Crippen LogP contribution < -0.4 is 0 Å². The van der Waals surface area contributed by atoms with Gasteiger partial charge >= 0.3 is 0 Å². The molecule has 0 spiro atoms. The standard InChI is InChI=1S/C15H11F3S/c1-9-6-12(19-10(9)2)5-3-4-11-7-13(16)15(18)14(17)8-11/h6-8H,4H2,1-2H3. The maximum atomic E-state index is 13.0. The van der Waals surface area contributed by atoms with Gasteiger partial charge in [0.25, 0.3) is 0 Å². The molecule has 0 unspecified atom stereocenters. The highest BCUT2D eigenvalue weighted by atomic mass is 32.1. The van der Waals surface area contributed by atoms with Gasteiger partial charge in [-0.3, -0.25) is 0 Å². The first-order chi connectivity index (χ1) is 8.97. The molecule has 0 aliphatic rings. The minimum Gasteiger partial charge on any atom is -0.204 e. The molecule has 0 atom stereocenters. The molecule has 4 heteroatoms. The molecule has 0 nitrogen and oxygen atoms in total. The molecule has 0 fully saturated rings. The average Bonchev–Trinajstić information content (AvgIpc) is 2.65. The van der Waals surface area contributed by atoms with Crippen LogP contribution in [-0.4, -0.2) is 0 Å². The van der Waals surface area contributed by atoms with E-state index in [4.69, 9.17) is 0 Å². The van der Waals surface area contributed by atoms with E-state index in [0.717, 1.165) is 17.0 Å². The Bertz CT molecular complexity index is 632. The zero-order valence-corrected chi connectivity index (χ0v) is 11.3. The van der Waals surface area contributed by atoms with E-state index in [0.29, 0.717) is 5.56 Å². The molecule has 19 heavy (non-hydrogen) atoms. The third-order valence-corrected chi connectivity index (χ3v) is 3.78. The van der Waals surface area contributed by atoms with Crippen LogP contribution in [0.15, 0.2) is 18.2 Å². The van der Waals surface area contributed by atoms with Crippen molar-refractivity contribution in [2.75, 3.05) is 0 Å². The molecule has 0 radical (unpaired) electrons. The van der Waals surface area contributed by atoms with Crippen molar-refractivity contribution in [3.63, 3.8) is 0 Å².